The van der Waals surface area contributed by atoms with Crippen molar-refractivity contribution in [3.8, 4) is 5.69 Å². The van der Waals surface area contributed by atoms with E-state index in [0.717, 1.165) is 23.8 Å². The van der Waals surface area contributed by atoms with Gasteiger partial charge in [-0.25, -0.2) is 9.67 Å². The summed E-state index contributed by atoms with van der Waals surface area (Å²) in [6.07, 6.45) is 3.82. The molecule has 0 amide bonds. The number of benzene rings is 1. The lowest BCUT2D eigenvalue weighted by Crippen LogP contribution is -2.45. The molecule has 1 heterocycles. The predicted octanol–water partition coefficient (Wildman–Crippen LogP) is 3.61. The van der Waals surface area contributed by atoms with Gasteiger partial charge in [0.05, 0.1) is 18.3 Å². The molecule has 6 nitrogen and oxygen atoms in total. The van der Waals surface area contributed by atoms with E-state index >= 15 is 0 Å². The van der Waals surface area contributed by atoms with Gasteiger partial charge < -0.3 is 15.4 Å². The number of aromatic nitrogens is 2. The Hall–Kier alpha value is -1.61. The fourth-order valence-electron chi connectivity index (χ4n) is 2.62. The Kier molecular flexibility index (Phi) is 9.79. The summed E-state index contributed by atoms with van der Waals surface area (Å²) in [5.41, 5.74) is 2.26. The second-order valence-corrected chi connectivity index (χ2v) is 7.28. The van der Waals surface area contributed by atoms with Crippen molar-refractivity contribution in [2.75, 3.05) is 20.2 Å². The molecule has 0 bridgehead atoms. The summed E-state index contributed by atoms with van der Waals surface area (Å²) in [4.78, 5) is 4.68. The predicted molar refractivity (Wildman–Crippen MR) is 122 cm³/mol. The van der Waals surface area contributed by atoms with Gasteiger partial charge in [0.15, 0.2) is 5.96 Å². The maximum atomic E-state index is 5.60. The maximum absolute atomic E-state index is 5.60. The fraction of sp³-hybridized carbons (Fsp3) is 0.500. The van der Waals surface area contributed by atoms with E-state index in [4.69, 9.17) is 4.74 Å². The van der Waals surface area contributed by atoms with Crippen LogP contribution in [0.15, 0.2) is 47.7 Å². The topological polar surface area (TPSA) is 63.5 Å². The first-order valence-corrected chi connectivity index (χ1v) is 9.08. The monoisotopic (exact) mass is 485 g/mol. The van der Waals surface area contributed by atoms with Crippen LogP contribution in [0.25, 0.3) is 5.69 Å². The molecule has 0 aliphatic carbocycles. The smallest absolute Gasteiger partial charge is 0.191 e. The van der Waals surface area contributed by atoms with Gasteiger partial charge in [-0.15, -0.1) is 24.0 Å². The van der Waals surface area contributed by atoms with E-state index in [1.54, 1.807) is 13.3 Å². The van der Waals surface area contributed by atoms with Crippen molar-refractivity contribution in [1.82, 2.24) is 20.4 Å². The third-order valence-electron chi connectivity index (χ3n) is 4.17. The van der Waals surface area contributed by atoms with Crippen LogP contribution in [0.3, 0.4) is 0 Å². The van der Waals surface area contributed by atoms with E-state index in [0.29, 0.717) is 13.1 Å². The highest BCUT2D eigenvalue weighted by Gasteiger charge is 2.24. The van der Waals surface area contributed by atoms with Gasteiger partial charge in [-0.3, -0.25) is 0 Å². The molecule has 0 radical (unpaired) electrons. The number of hydrogen-bond acceptors (Lipinski definition) is 3. The van der Waals surface area contributed by atoms with Crippen LogP contribution >= 0.6 is 24.0 Å². The number of aliphatic imine (C=N–C) groups is 1. The van der Waals surface area contributed by atoms with Gasteiger partial charge in [-0.2, -0.15) is 5.10 Å². The highest BCUT2D eigenvalue weighted by Crippen LogP contribution is 2.20. The van der Waals surface area contributed by atoms with E-state index in [9.17, 15) is 0 Å². The van der Waals surface area contributed by atoms with Gasteiger partial charge in [0, 0.05) is 32.6 Å². The summed E-state index contributed by atoms with van der Waals surface area (Å²) in [5, 5.41) is 10.9. The molecule has 1 unspecified atom stereocenters. The van der Waals surface area contributed by atoms with Crippen molar-refractivity contribution in [1.29, 1.82) is 0 Å². The molecule has 1 aromatic heterocycles. The number of nitrogens with one attached hydrogen (secondary N) is 2. The number of rotatable bonds is 7. The molecular formula is C20H32IN5O. The van der Waals surface area contributed by atoms with Crippen molar-refractivity contribution in [3.05, 3.63) is 48.3 Å². The molecule has 1 aromatic carbocycles. The van der Waals surface area contributed by atoms with E-state index < -0.39 is 0 Å². The minimum absolute atomic E-state index is 0. The average Bonchev–Trinajstić information content (AvgIpc) is 3.14. The number of hydrogen-bond donors (Lipinski definition) is 2. The van der Waals surface area contributed by atoms with Gasteiger partial charge in [0.2, 0.25) is 0 Å². The Balaban J connectivity index is 0.00000364. The first kappa shape index (κ1) is 23.4. The minimum Gasteiger partial charge on any atom is -0.379 e. The normalized spacial score (nSPS) is 13.0. The van der Waals surface area contributed by atoms with E-state index in [1.807, 2.05) is 16.9 Å². The third kappa shape index (κ3) is 7.50. The Bertz CT molecular complexity index is 677. The quantitative estimate of drug-likeness (QED) is 0.358. The SMILES string of the molecule is CCNC(=NCc1ccc(-n2cccn2)cc1)NCC(OC)C(C)(C)C.I. The maximum Gasteiger partial charge on any atom is 0.191 e. The molecule has 2 rings (SSSR count). The first-order valence-electron chi connectivity index (χ1n) is 9.08. The molecule has 150 valence electrons. The number of guanidine groups is 1. The number of ether oxygens (including phenoxy) is 1. The third-order valence-corrected chi connectivity index (χ3v) is 4.17. The Morgan fingerprint density at radius 3 is 2.44 bits per heavy atom. The summed E-state index contributed by atoms with van der Waals surface area (Å²) in [6.45, 7) is 10.7. The number of methoxy groups -OCH3 is 1. The zero-order valence-corrected chi connectivity index (χ0v) is 19.2. The van der Waals surface area contributed by atoms with Crippen LogP contribution in [0.4, 0.5) is 0 Å². The molecular weight excluding hydrogens is 453 g/mol. The van der Waals surface area contributed by atoms with Crippen LogP contribution in [-0.2, 0) is 11.3 Å². The molecule has 0 saturated carbocycles. The van der Waals surface area contributed by atoms with Crippen molar-refractivity contribution in [2.45, 2.75) is 40.3 Å². The summed E-state index contributed by atoms with van der Waals surface area (Å²) < 4.78 is 7.44. The molecule has 0 fully saturated rings. The first-order chi connectivity index (χ1) is 12.4. The zero-order valence-electron chi connectivity index (χ0n) is 16.9. The highest BCUT2D eigenvalue weighted by atomic mass is 127. The lowest BCUT2D eigenvalue weighted by molar-refractivity contribution is 0.0205. The molecule has 2 N–H and O–H groups in total. The molecule has 7 heteroatoms. The van der Waals surface area contributed by atoms with E-state index in [1.165, 1.54) is 0 Å². The van der Waals surface area contributed by atoms with Crippen LogP contribution in [0.1, 0.15) is 33.3 Å². The Morgan fingerprint density at radius 2 is 1.93 bits per heavy atom. The van der Waals surface area contributed by atoms with Crippen LogP contribution in [0.5, 0.6) is 0 Å². The average molecular weight is 485 g/mol. The van der Waals surface area contributed by atoms with E-state index in [-0.39, 0.29) is 35.5 Å². The fourth-order valence-corrected chi connectivity index (χ4v) is 2.62. The van der Waals surface area contributed by atoms with Gasteiger partial charge in [0.1, 0.15) is 0 Å². The van der Waals surface area contributed by atoms with Gasteiger partial charge in [-0.05, 0) is 36.1 Å². The van der Waals surface area contributed by atoms with Gasteiger partial charge in [0.25, 0.3) is 0 Å². The van der Waals surface area contributed by atoms with E-state index in [2.05, 4.69) is 72.7 Å². The Morgan fingerprint density at radius 1 is 1.22 bits per heavy atom. The van der Waals surface area contributed by atoms with Crippen LogP contribution in [0, 0.1) is 5.41 Å². The van der Waals surface area contributed by atoms with Crippen LogP contribution in [-0.4, -0.2) is 42.0 Å². The Labute approximate surface area is 179 Å². The summed E-state index contributed by atoms with van der Waals surface area (Å²) >= 11 is 0. The summed E-state index contributed by atoms with van der Waals surface area (Å²) in [5.74, 6) is 0.801. The van der Waals surface area contributed by atoms with Gasteiger partial charge in [-0.1, -0.05) is 32.9 Å². The van der Waals surface area contributed by atoms with Gasteiger partial charge >= 0.3 is 0 Å². The van der Waals surface area contributed by atoms with Crippen molar-refractivity contribution < 1.29 is 4.74 Å². The van der Waals surface area contributed by atoms with Crippen LogP contribution < -0.4 is 10.6 Å². The second kappa shape index (κ2) is 11.3. The molecule has 0 aliphatic heterocycles. The number of nitrogens with zero attached hydrogens (tertiary/aromatic N) is 3. The standard InChI is InChI=1S/C20H31N5O.HI/c1-6-21-19(23-15-18(26-5)20(2,3)4)22-14-16-8-10-17(11-9-16)25-13-7-12-24-25;/h7-13,18H,6,14-15H2,1-5H3,(H2,21,22,23);1H. The largest absolute Gasteiger partial charge is 0.379 e. The van der Waals surface area contributed by atoms with Crippen LogP contribution in [0.2, 0.25) is 0 Å². The lowest BCUT2D eigenvalue weighted by Gasteiger charge is -2.30. The molecule has 2 aromatic rings. The summed E-state index contributed by atoms with van der Waals surface area (Å²) in [7, 11) is 1.75. The van der Waals surface area contributed by atoms with Crippen molar-refractivity contribution >= 4 is 29.9 Å². The molecule has 1 atom stereocenters. The zero-order chi connectivity index (χ0) is 19.0. The lowest BCUT2D eigenvalue weighted by atomic mass is 9.89. The minimum atomic E-state index is 0. The van der Waals surface area contributed by atoms with Crippen molar-refractivity contribution in [2.24, 2.45) is 10.4 Å². The second-order valence-electron chi connectivity index (χ2n) is 7.28. The number of halogens is 1. The molecule has 0 saturated heterocycles. The molecule has 0 aliphatic rings. The van der Waals surface area contributed by atoms with Crippen molar-refractivity contribution in [3.63, 3.8) is 0 Å². The summed E-state index contributed by atoms with van der Waals surface area (Å²) in [6, 6.07) is 10.2. The highest BCUT2D eigenvalue weighted by molar-refractivity contribution is 14.0. The molecule has 0 spiro atoms. The molecule has 27 heavy (non-hydrogen) atoms.